The molecule has 1 fully saturated rings. The van der Waals surface area contributed by atoms with E-state index >= 15 is 0 Å². The minimum Gasteiger partial charge on any atom is -0.434 e. The molecular weight excluding hydrogens is 372 g/mol. The van der Waals surface area contributed by atoms with Gasteiger partial charge < -0.3 is 19.3 Å². The summed E-state index contributed by atoms with van der Waals surface area (Å²) in [6.07, 6.45) is 1.66. The van der Waals surface area contributed by atoms with E-state index in [2.05, 4.69) is 13.8 Å². The van der Waals surface area contributed by atoms with Crippen molar-refractivity contribution in [2.24, 2.45) is 5.92 Å². The fourth-order valence-corrected chi connectivity index (χ4v) is 2.89. The normalized spacial score (nSPS) is 15.1. The highest BCUT2D eigenvalue weighted by atomic mass is 16.7. The average Bonchev–Trinajstić information content (AvgIpc) is 2.94. The van der Waals surface area contributed by atoms with Crippen LogP contribution in [0.15, 0.2) is 35.9 Å². The molecule has 29 heavy (non-hydrogen) atoms. The molecule has 2 rings (SSSR count). The van der Waals surface area contributed by atoms with E-state index in [-0.39, 0.29) is 18.4 Å². The molecule has 0 radical (unpaired) electrons. The van der Waals surface area contributed by atoms with Crippen molar-refractivity contribution in [2.45, 2.75) is 34.1 Å². The lowest BCUT2D eigenvalue weighted by Gasteiger charge is -2.22. The zero-order valence-corrected chi connectivity index (χ0v) is 17.6. The second kappa shape index (κ2) is 10.6. The standard InChI is InChI=1S/C22H30N2O5/c1-5-28-22(27)29-19-9-7-18(8-10-19)21(26)24-12-6-11-23(13-14-24)20(25)15-17(4)16(2)3/h7-10,15-16H,5-6,11-14H2,1-4H3/b17-15+. The Morgan fingerprint density at radius 2 is 1.66 bits per heavy atom. The second-order valence-electron chi connectivity index (χ2n) is 7.32. The SMILES string of the molecule is CCOC(=O)Oc1ccc(C(=O)N2CCCN(C(=O)/C=C(\C)C(C)C)CC2)cc1. The van der Waals surface area contributed by atoms with Gasteiger partial charge in [0.25, 0.3) is 5.91 Å². The molecule has 1 aromatic rings. The molecule has 1 aromatic carbocycles. The van der Waals surface area contributed by atoms with Gasteiger partial charge in [-0.15, -0.1) is 0 Å². The Morgan fingerprint density at radius 1 is 1.03 bits per heavy atom. The number of rotatable bonds is 5. The number of benzene rings is 1. The Kier molecular flexibility index (Phi) is 8.24. The molecule has 7 heteroatoms. The molecule has 158 valence electrons. The molecule has 1 saturated heterocycles. The van der Waals surface area contributed by atoms with Crippen LogP contribution in [0.25, 0.3) is 0 Å². The third-order valence-electron chi connectivity index (χ3n) is 4.92. The van der Waals surface area contributed by atoms with Gasteiger partial charge in [0.05, 0.1) is 6.61 Å². The number of ether oxygens (including phenoxy) is 2. The third-order valence-corrected chi connectivity index (χ3v) is 4.92. The number of allylic oxidation sites excluding steroid dienone is 1. The van der Waals surface area contributed by atoms with Gasteiger partial charge >= 0.3 is 6.16 Å². The van der Waals surface area contributed by atoms with E-state index in [0.29, 0.717) is 43.4 Å². The summed E-state index contributed by atoms with van der Waals surface area (Å²) < 4.78 is 9.73. The van der Waals surface area contributed by atoms with Crippen LogP contribution in [0, 0.1) is 5.92 Å². The number of hydrogen-bond donors (Lipinski definition) is 0. The Balaban J connectivity index is 1.96. The molecule has 0 atom stereocenters. The molecule has 0 unspecified atom stereocenters. The van der Waals surface area contributed by atoms with E-state index in [4.69, 9.17) is 9.47 Å². The van der Waals surface area contributed by atoms with Crippen LogP contribution in [0.3, 0.4) is 0 Å². The van der Waals surface area contributed by atoms with Gasteiger partial charge in [-0.05, 0) is 50.5 Å². The van der Waals surface area contributed by atoms with Crippen molar-refractivity contribution >= 4 is 18.0 Å². The first-order valence-electron chi connectivity index (χ1n) is 10.0. The fourth-order valence-electron chi connectivity index (χ4n) is 2.89. The van der Waals surface area contributed by atoms with Crippen molar-refractivity contribution in [1.82, 2.24) is 9.80 Å². The molecule has 1 aliphatic heterocycles. The van der Waals surface area contributed by atoms with E-state index < -0.39 is 6.16 Å². The van der Waals surface area contributed by atoms with Crippen molar-refractivity contribution in [3.05, 3.63) is 41.5 Å². The molecule has 1 aliphatic rings. The van der Waals surface area contributed by atoms with E-state index in [1.165, 1.54) is 0 Å². The number of carbonyl (C=O) groups excluding carboxylic acids is 3. The van der Waals surface area contributed by atoms with Crippen molar-refractivity contribution in [1.29, 1.82) is 0 Å². The van der Waals surface area contributed by atoms with Gasteiger partial charge in [0.15, 0.2) is 0 Å². The Morgan fingerprint density at radius 3 is 2.28 bits per heavy atom. The highest BCUT2D eigenvalue weighted by molar-refractivity contribution is 5.94. The Labute approximate surface area is 172 Å². The minimum atomic E-state index is -0.773. The first-order chi connectivity index (χ1) is 13.8. The van der Waals surface area contributed by atoms with E-state index in [9.17, 15) is 14.4 Å². The maximum Gasteiger partial charge on any atom is 0.513 e. The molecule has 7 nitrogen and oxygen atoms in total. The first-order valence-corrected chi connectivity index (χ1v) is 10.0. The zero-order valence-electron chi connectivity index (χ0n) is 17.6. The third kappa shape index (κ3) is 6.62. The topological polar surface area (TPSA) is 76.2 Å². The highest BCUT2D eigenvalue weighted by Crippen LogP contribution is 2.16. The van der Waals surface area contributed by atoms with Crippen LogP contribution in [-0.4, -0.2) is 60.6 Å². The van der Waals surface area contributed by atoms with Crippen LogP contribution in [0.4, 0.5) is 4.79 Å². The van der Waals surface area contributed by atoms with Crippen LogP contribution >= 0.6 is 0 Å². The summed E-state index contributed by atoms with van der Waals surface area (Å²) >= 11 is 0. The lowest BCUT2D eigenvalue weighted by molar-refractivity contribution is -0.126. The van der Waals surface area contributed by atoms with Gasteiger partial charge in [-0.25, -0.2) is 4.79 Å². The summed E-state index contributed by atoms with van der Waals surface area (Å²) in [6, 6.07) is 6.38. The molecule has 0 spiro atoms. The van der Waals surface area contributed by atoms with Crippen molar-refractivity contribution in [3.8, 4) is 5.75 Å². The zero-order chi connectivity index (χ0) is 21.4. The van der Waals surface area contributed by atoms with Crippen LogP contribution in [0.1, 0.15) is 44.5 Å². The molecule has 2 amide bonds. The van der Waals surface area contributed by atoms with E-state index in [1.54, 1.807) is 47.1 Å². The van der Waals surface area contributed by atoms with Crippen LogP contribution < -0.4 is 4.74 Å². The lowest BCUT2D eigenvalue weighted by atomic mass is 10.1. The molecule has 0 bridgehead atoms. The number of nitrogens with zero attached hydrogens (tertiary/aromatic N) is 2. The molecule has 0 saturated carbocycles. The highest BCUT2D eigenvalue weighted by Gasteiger charge is 2.22. The summed E-state index contributed by atoms with van der Waals surface area (Å²) in [6.45, 7) is 10.2. The molecular formula is C22H30N2O5. The van der Waals surface area contributed by atoms with Crippen molar-refractivity contribution in [2.75, 3.05) is 32.8 Å². The van der Waals surface area contributed by atoms with Gasteiger partial charge in [-0.2, -0.15) is 0 Å². The van der Waals surface area contributed by atoms with Gasteiger partial charge in [0.2, 0.25) is 5.91 Å². The smallest absolute Gasteiger partial charge is 0.434 e. The maximum atomic E-state index is 12.8. The molecule has 1 heterocycles. The Hall–Kier alpha value is -2.83. The average molecular weight is 402 g/mol. The van der Waals surface area contributed by atoms with Crippen LogP contribution in [0.2, 0.25) is 0 Å². The van der Waals surface area contributed by atoms with Gasteiger partial charge in [0.1, 0.15) is 5.75 Å². The van der Waals surface area contributed by atoms with Gasteiger partial charge in [0, 0.05) is 37.8 Å². The summed E-state index contributed by atoms with van der Waals surface area (Å²) in [7, 11) is 0. The largest absolute Gasteiger partial charge is 0.513 e. The van der Waals surface area contributed by atoms with Gasteiger partial charge in [-0.3, -0.25) is 9.59 Å². The summed E-state index contributed by atoms with van der Waals surface area (Å²) in [4.78, 5) is 40.2. The molecule has 0 aromatic heterocycles. The van der Waals surface area contributed by atoms with Crippen LogP contribution in [0.5, 0.6) is 5.75 Å². The van der Waals surface area contributed by atoms with Crippen molar-refractivity contribution < 1.29 is 23.9 Å². The van der Waals surface area contributed by atoms with Gasteiger partial charge in [-0.1, -0.05) is 19.4 Å². The number of hydrogen-bond acceptors (Lipinski definition) is 5. The Bertz CT molecular complexity index is 755. The maximum absolute atomic E-state index is 12.8. The number of amides is 2. The quantitative estimate of drug-likeness (QED) is 0.428. The van der Waals surface area contributed by atoms with Crippen LogP contribution in [-0.2, 0) is 9.53 Å². The predicted octanol–water partition coefficient (Wildman–Crippen LogP) is 3.50. The number of carbonyl (C=O) groups is 3. The monoisotopic (exact) mass is 402 g/mol. The molecule has 0 aliphatic carbocycles. The first kappa shape index (κ1) is 22.5. The van der Waals surface area contributed by atoms with E-state index in [0.717, 1.165) is 12.0 Å². The second-order valence-corrected chi connectivity index (χ2v) is 7.32. The van der Waals surface area contributed by atoms with E-state index in [1.807, 2.05) is 6.92 Å². The summed E-state index contributed by atoms with van der Waals surface area (Å²) in [5.41, 5.74) is 1.56. The van der Waals surface area contributed by atoms with Crippen molar-refractivity contribution in [3.63, 3.8) is 0 Å². The minimum absolute atomic E-state index is 0.00552. The predicted molar refractivity (Wildman–Crippen MR) is 110 cm³/mol. The summed E-state index contributed by atoms with van der Waals surface area (Å²) in [5.74, 6) is 0.557. The fraction of sp³-hybridized carbons (Fsp3) is 0.500. The molecule has 0 N–H and O–H groups in total. The summed E-state index contributed by atoms with van der Waals surface area (Å²) in [5, 5.41) is 0. The lowest BCUT2D eigenvalue weighted by Crippen LogP contribution is -2.37.